The summed E-state index contributed by atoms with van der Waals surface area (Å²) in [7, 11) is 0. The molecule has 1 nitrogen and oxygen atoms in total. The maximum Gasteiger partial charge on any atom is 0.312 e. The topological polar surface area (TPSA) is 3.24 Å². The maximum absolute atomic E-state index is 2.56. The van der Waals surface area contributed by atoms with E-state index in [1.54, 1.807) is 0 Å². The van der Waals surface area contributed by atoms with Crippen molar-refractivity contribution in [2.75, 3.05) is 0 Å². The average molecular weight is 1120 g/mol. The summed E-state index contributed by atoms with van der Waals surface area (Å²) in [5.41, 5.74) is 1.36. The standard InChI is InChI=1S/C79H150BN/c1-4-7-10-13-16-19-22-25-28-31-34-37-40-43-46-49-52-55-58-61-64-67-70-74-79-75-73-77-80(76-71-68-65-62-59-56-53-50-47-44-41-38-35-32-29-26-23-20-17-14-11-8-5-2)81(79)78-72-69-66-63-60-57-54-51-48-45-42-39-36-33-30-27-24-21-18-15-12-9-6-3/h70-78H,4-69H2,1-3H3/b74-70+,76-71+,78-72+. The molecule has 0 saturated heterocycles. The monoisotopic (exact) mass is 1120 g/mol. The quantitative estimate of drug-likeness (QED) is 0.0433. The Kier molecular flexibility index (Phi) is 66.4. The number of hydrogen-bond donors (Lipinski definition) is 0. The van der Waals surface area contributed by atoms with Crippen LogP contribution in [0.1, 0.15) is 445 Å². The van der Waals surface area contributed by atoms with Gasteiger partial charge in [0.05, 0.1) is 0 Å². The summed E-state index contributed by atoms with van der Waals surface area (Å²) in [5.74, 6) is 4.91. The molecule has 0 unspecified atom stereocenters. The SMILES string of the molecule is CCCCCCCCCCCCCCCCCCCCCCC/C=C/B1C=CC=C(/C=C/CCCCCCCCCCCCCCCCCCCCCCC)N1/C=C/CCCCCCCCCCCCCCCCCCCCCCC. The Balaban J connectivity index is 2.28. The van der Waals surface area contributed by atoms with Gasteiger partial charge in [-0.25, -0.2) is 0 Å². The smallest absolute Gasteiger partial charge is 0.312 e. The molecule has 0 saturated carbocycles. The predicted octanol–water partition coefficient (Wildman–Crippen LogP) is 29.2. The number of unbranched alkanes of at least 4 members (excludes halogenated alkanes) is 63. The molecule has 1 aliphatic heterocycles. The summed E-state index contributed by atoms with van der Waals surface area (Å²) in [5, 5.41) is 0. The van der Waals surface area contributed by atoms with Crippen molar-refractivity contribution in [3.05, 3.63) is 60.3 Å². The number of rotatable bonds is 69. The molecule has 0 N–H and O–H groups in total. The van der Waals surface area contributed by atoms with Crippen molar-refractivity contribution in [1.29, 1.82) is 0 Å². The lowest BCUT2D eigenvalue weighted by Gasteiger charge is -2.28. The first-order chi connectivity index (χ1) is 40.3. The summed E-state index contributed by atoms with van der Waals surface area (Å²) in [6.45, 7) is 7.27. The first kappa shape index (κ1) is 77.6. The van der Waals surface area contributed by atoms with Gasteiger partial charge in [0, 0.05) is 5.70 Å². The van der Waals surface area contributed by atoms with Crippen LogP contribution in [0.15, 0.2) is 60.3 Å². The van der Waals surface area contributed by atoms with Crippen LogP contribution in [0.3, 0.4) is 0 Å². The average Bonchev–Trinajstić information content (AvgIpc) is 3.48. The Bertz CT molecular complexity index is 1320. The summed E-state index contributed by atoms with van der Waals surface area (Å²) >= 11 is 0. The molecule has 2 heteroatoms. The highest BCUT2D eigenvalue weighted by Gasteiger charge is 2.19. The van der Waals surface area contributed by atoms with E-state index >= 15 is 0 Å². The Morgan fingerprint density at radius 3 is 0.716 bits per heavy atom. The van der Waals surface area contributed by atoms with Gasteiger partial charge in [0.15, 0.2) is 0 Å². The second-order valence-corrected chi connectivity index (χ2v) is 26.7. The molecule has 1 rings (SSSR count). The van der Waals surface area contributed by atoms with Crippen molar-refractivity contribution in [2.24, 2.45) is 0 Å². The van der Waals surface area contributed by atoms with Crippen LogP contribution in [0.5, 0.6) is 0 Å². The summed E-state index contributed by atoms with van der Waals surface area (Å²) in [6.07, 6.45) is 112. The van der Waals surface area contributed by atoms with Gasteiger partial charge in [-0.2, -0.15) is 0 Å². The molecule has 0 bridgehead atoms. The third kappa shape index (κ3) is 60.1. The van der Waals surface area contributed by atoms with Gasteiger partial charge in [-0.3, -0.25) is 0 Å². The molecule has 0 radical (unpaired) electrons. The van der Waals surface area contributed by atoms with Gasteiger partial charge in [0.1, 0.15) is 0 Å². The molecule has 81 heavy (non-hydrogen) atoms. The third-order valence-electron chi connectivity index (χ3n) is 18.5. The van der Waals surface area contributed by atoms with E-state index < -0.39 is 0 Å². The van der Waals surface area contributed by atoms with Gasteiger partial charge < -0.3 is 4.81 Å². The summed E-state index contributed by atoms with van der Waals surface area (Å²) in [6, 6.07) is 0. The second kappa shape index (κ2) is 69.3. The van der Waals surface area contributed by atoms with E-state index in [1.165, 1.54) is 429 Å². The van der Waals surface area contributed by atoms with Crippen LogP contribution in [0.25, 0.3) is 0 Å². The van der Waals surface area contributed by atoms with Gasteiger partial charge in [-0.15, -0.1) is 0 Å². The largest absolute Gasteiger partial charge is 0.384 e. The van der Waals surface area contributed by atoms with Crippen LogP contribution in [0.4, 0.5) is 0 Å². The van der Waals surface area contributed by atoms with Crippen molar-refractivity contribution in [1.82, 2.24) is 4.81 Å². The van der Waals surface area contributed by atoms with Gasteiger partial charge in [0.25, 0.3) is 0 Å². The van der Waals surface area contributed by atoms with Gasteiger partial charge in [-0.05, 0) is 56.9 Å². The molecule has 474 valence electrons. The molecule has 0 aromatic carbocycles. The van der Waals surface area contributed by atoms with Crippen molar-refractivity contribution >= 4 is 6.85 Å². The first-order valence-electron chi connectivity index (χ1n) is 38.5. The van der Waals surface area contributed by atoms with Crippen molar-refractivity contribution in [2.45, 2.75) is 445 Å². The van der Waals surface area contributed by atoms with Crippen LogP contribution >= 0.6 is 0 Å². The van der Waals surface area contributed by atoms with Crippen LogP contribution in [0, 0.1) is 0 Å². The van der Waals surface area contributed by atoms with Crippen molar-refractivity contribution in [3.63, 3.8) is 0 Å². The first-order valence-corrected chi connectivity index (χ1v) is 38.5. The lowest BCUT2D eigenvalue weighted by molar-refractivity contribution is 0.520. The highest BCUT2D eigenvalue weighted by molar-refractivity contribution is 6.67. The molecule has 0 aliphatic carbocycles. The molecule has 0 amide bonds. The van der Waals surface area contributed by atoms with Crippen LogP contribution in [-0.2, 0) is 0 Å². The lowest BCUT2D eigenvalue weighted by atomic mass is 9.58. The fourth-order valence-electron chi connectivity index (χ4n) is 12.8. The Labute approximate surface area is 513 Å². The zero-order valence-corrected chi connectivity index (χ0v) is 56.4. The van der Waals surface area contributed by atoms with E-state index in [1.807, 2.05) is 0 Å². The zero-order valence-electron chi connectivity index (χ0n) is 56.4. The maximum atomic E-state index is 2.56. The van der Waals surface area contributed by atoms with Crippen LogP contribution in [-0.4, -0.2) is 11.7 Å². The molecule has 0 aromatic heterocycles. The highest BCUT2D eigenvalue weighted by Crippen LogP contribution is 2.22. The Morgan fingerprint density at radius 1 is 0.259 bits per heavy atom. The van der Waals surface area contributed by atoms with Gasteiger partial charge >= 0.3 is 6.85 Å². The highest BCUT2D eigenvalue weighted by atomic mass is 15.0. The van der Waals surface area contributed by atoms with E-state index in [2.05, 4.69) is 80.2 Å². The van der Waals surface area contributed by atoms with E-state index in [0.29, 0.717) is 6.85 Å². The normalized spacial score (nSPS) is 13.0. The minimum atomic E-state index is 0.324. The van der Waals surface area contributed by atoms with Crippen molar-refractivity contribution in [3.8, 4) is 0 Å². The minimum absolute atomic E-state index is 0.324. The van der Waals surface area contributed by atoms with Crippen molar-refractivity contribution < 1.29 is 0 Å². The minimum Gasteiger partial charge on any atom is -0.384 e. The predicted molar refractivity (Wildman–Crippen MR) is 374 cm³/mol. The zero-order chi connectivity index (χ0) is 57.8. The van der Waals surface area contributed by atoms with Crippen LogP contribution in [0.2, 0.25) is 0 Å². The third-order valence-corrected chi connectivity index (χ3v) is 18.5. The fraction of sp³-hybridized carbons (Fsp3) is 0.873. The molecule has 0 aromatic rings. The Hall–Kier alpha value is -1.44. The second-order valence-electron chi connectivity index (χ2n) is 26.7. The van der Waals surface area contributed by atoms with E-state index in [0.717, 1.165) is 0 Å². The Morgan fingerprint density at radius 2 is 0.469 bits per heavy atom. The van der Waals surface area contributed by atoms with E-state index in [-0.39, 0.29) is 0 Å². The molecular formula is C79H150BN. The number of allylic oxidation sites excluding steroid dienone is 6. The molecule has 0 atom stereocenters. The van der Waals surface area contributed by atoms with Gasteiger partial charge in [-0.1, -0.05) is 442 Å². The number of hydrogen-bond acceptors (Lipinski definition) is 1. The lowest BCUT2D eigenvalue weighted by Crippen LogP contribution is -2.33. The molecule has 0 fully saturated rings. The fourth-order valence-corrected chi connectivity index (χ4v) is 12.8. The number of nitrogens with zero attached hydrogens (tertiary/aromatic N) is 1. The molecule has 1 aliphatic rings. The van der Waals surface area contributed by atoms with Gasteiger partial charge in [0.2, 0.25) is 0 Å². The van der Waals surface area contributed by atoms with Crippen LogP contribution < -0.4 is 0 Å². The molecule has 0 spiro atoms. The molecule has 1 heterocycles. The summed E-state index contributed by atoms with van der Waals surface area (Å²) in [4.78, 5) is 2.56. The van der Waals surface area contributed by atoms with E-state index in [4.69, 9.17) is 0 Å². The summed E-state index contributed by atoms with van der Waals surface area (Å²) < 4.78 is 0. The van der Waals surface area contributed by atoms with E-state index in [9.17, 15) is 0 Å². The molecular weight excluding hydrogens is 974 g/mol.